The van der Waals surface area contributed by atoms with Gasteiger partial charge in [-0.05, 0) is 67.8 Å². The summed E-state index contributed by atoms with van der Waals surface area (Å²) in [5, 5.41) is 0. The summed E-state index contributed by atoms with van der Waals surface area (Å²) in [5.41, 5.74) is 1.91. The Kier molecular flexibility index (Phi) is 4.78. The van der Waals surface area contributed by atoms with Crippen molar-refractivity contribution in [3.05, 3.63) is 59.9 Å². The standard InChI is InChI=1S/C21H23FN2O2/c22-17-6-10-19(11-7-17)26-20-14-24(15-20)21(25)16-4-8-18(9-5-16)23-12-2-1-3-13-23/h4-11,20H,1-3,12-15H2. The molecule has 0 saturated carbocycles. The third kappa shape index (κ3) is 3.66. The van der Waals surface area contributed by atoms with E-state index in [-0.39, 0.29) is 17.8 Å². The number of piperidine rings is 1. The Hall–Kier alpha value is -2.56. The summed E-state index contributed by atoms with van der Waals surface area (Å²) in [6, 6.07) is 13.9. The number of hydrogen-bond donors (Lipinski definition) is 0. The first-order chi connectivity index (χ1) is 12.7. The van der Waals surface area contributed by atoms with Crippen LogP contribution in [0.5, 0.6) is 5.75 Å². The Morgan fingerprint density at radius 2 is 1.58 bits per heavy atom. The van der Waals surface area contributed by atoms with E-state index in [1.807, 2.05) is 24.3 Å². The van der Waals surface area contributed by atoms with E-state index in [1.54, 1.807) is 17.0 Å². The van der Waals surface area contributed by atoms with Gasteiger partial charge in [-0.3, -0.25) is 4.79 Å². The molecule has 2 aliphatic rings. The van der Waals surface area contributed by atoms with Crippen molar-refractivity contribution < 1.29 is 13.9 Å². The number of likely N-dealkylation sites (tertiary alicyclic amines) is 1. The number of benzene rings is 2. The SMILES string of the molecule is O=C(c1ccc(N2CCCCC2)cc1)N1CC(Oc2ccc(F)cc2)C1. The van der Waals surface area contributed by atoms with Crippen LogP contribution in [0.25, 0.3) is 0 Å². The summed E-state index contributed by atoms with van der Waals surface area (Å²) in [4.78, 5) is 16.7. The molecule has 0 N–H and O–H groups in total. The van der Waals surface area contributed by atoms with Crippen molar-refractivity contribution in [3.63, 3.8) is 0 Å². The fraction of sp³-hybridized carbons (Fsp3) is 0.381. The molecule has 0 radical (unpaired) electrons. The molecule has 2 aromatic rings. The highest BCUT2D eigenvalue weighted by atomic mass is 19.1. The van der Waals surface area contributed by atoms with Gasteiger partial charge in [-0.15, -0.1) is 0 Å². The van der Waals surface area contributed by atoms with Crippen molar-refractivity contribution in [2.24, 2.45) is 0 Å². The van der Waals surface area contributed by atoms with Gasteiger partial charge in [-0.2, -0.15) is 0 Å². The summed E-state index contributed by atoms with van der Waals surface area (Å²) >= 11 is 0. The zero-order valence-corrected chi connectivity index (χ0v) is 14.7. The minimum atomic E-state index is -0.282. The van der Waals surface area contributed by atoms with Gasteiger partial charge in [0.05, 0.1) is 13.1 Å². The molecule has 2 aliphatic heterocycles. The summed E-state index contributed by atoms with van der Waals surface area (Å²) in [6.45, 7) is 3.32. The number of amides is 1. The van der Waals surface area contributed by atoms with Gasteiger partial charge in [0.2, 0.25) is 0 Å². The lowest BCUT2D eigenvalue weighted by molar-refractivity contribution is 0.0178. The van der Waals surface area contributed by atoms with Crippen LogP contribution in [0.2, 0.25) is 0 Å². The lowest BCUT2D eigenvalue weighted by atomic mass is 10.1. The normalized spacial score (nSPS) is 17.7. The van der Waals surface area contributed by atoms with E-state index >= 15 is 0 Å². The Balaban J connectivity index is 1.30. The van der Waals surface area contributed by atoms with E-state index in [0.29, 0.717) is 24.4 Å². The van der Waals surface area contributed by atoms with Crippen LogP contribution in [-0.4, -0.2) is 43.1 Å². The first-order valence-corrected chi connectivity index (χ1v) is 9.25. The van der Waals surface area contributed by atoms with Crippen LogP contribution in [-0.2, 0) is 0 Å². The molecule has 26 heavy (non-hydrogen) atoms. The third-order valence-electron chi connectivity index (χ3n) is 5.09. The molecule has 2 aromatic carbocycles. The maximum atomic E-state index is 12.9. The highest BCUT2D eigenvalue weighted by Gasteiger charge is 2.32. The molecule has 0 spiro atoms. The smallest absolute Gasteiger partial charge is 0.254 e. The fourth-order valence-corrected chi connectivity index (χ4v) is 3.53. The molecule has 0 aromatic heterocycles. The summed E-state index contributed by atoms with van der Waals surface area (Å²) < 4.78 is 18.7. The number of halogens is 1. The van der Waals surface area contributed by atoms with Crippen molar-refractivity contribution in [2.75, 3.05) is 31.1 Å². The maximum Gasteiger partial charge on any atom is 0.254 e. The van der Waals surface area contributed by atoms with Crippen LogP contribution < -0.4 is 9.64 Å². The molecule has 0 aliphatic carbocycles. The number of rotatable bonds is 4. The molecule has 2 fully saturated rings. The topological polar surface area (TPSA) is 32.8 Å². The van der Waals surface area contributed by atoms with Crippen LogP contribution >= 0.6 is 0 Å². The highest BCUT2D eigenvalue weighted by Crippen LogP contribution is 2.23. The monoisotopic (exact) mass is 354 g/mol. The predicted octanol–water partition coefficient (Wildman–Crippen LogP) is 3.72. The van der Waals surface area contributed by atoms with Crippen molar-refractivity contribution in [3.8, 4) is 5.75 Å². The number of ether oxygens (including phenoxy) is 1. The van der Waals surface area contributed by atoms with E-state index in [1.165, 1.54) is 37.1 Å². The van der Waals surface area contributed by atoms with Gasteiger partial charge in [0, 0.05) is 24.3 Å². The zero-order chi connectivity index (χ0) is 17.9. The molecule has 0 atom stereocenters. The second kappa shape index (κ2) is 7.36. The zero-order valence-electron chi connectivity index (χ0n) is 14.7. The maximum absolute atomic E-state index is 12.9. The van der Waals surface area contributed by atoms with Crippen molar-refractivity contribution in [1.29, 1.82) is 0 Å². The van der Waals surface area contributed by atoms with Crippen LogP contribution in [0.15, 0.2) is 48.5 Å². The Morgan fingerprint density at radius 3 is 2.23 bits per heavy atom. The van der Waals surface area contributed by atoms with Gasteiger partial charge in [-0.25, -0.2) is 4.39 Å². The van der Waals surface area contributed by atoms with Gasteiger partial charge < -0.3 is 14.5 Å². The lowest BCUT2D eigenvalue weighted by Gasteiger charge is -2.39. The molecule has 136 valence electrons. The molecule has 2 heterocycles. The fourth-order valence-electron chi connectivity index (χ4n) is 3.53. The molecular formula is C21H23FN2O2. The number of hydrogen-bond acceptors (Lipinski definition) is 3. The molecule has 1 amide bonds. The van der Waals surface area contributed by atoms with Crippen LogP contribution in [0.4, 0.5) is 10.1 Å². The van der Waals surface area contributed by atoms with E-state index in [0.717, 1.165) is 13.1 Å². The van der Waals surface area contributed by atoms with Gasteiger partial charge >= 0.3 is 0 Å². The molecule has 2 saturated heterocycles. The summed E-state index contributed by atoms with van der Waals surface area (Å²) in [6.07, 6.45) is 3.76. The highest BCUT2D eigenvalue weighted by molar-refractivity contribution is 5.95. The number of nitrogens with zero attached hydrogens (tertiary/aromatic N) is 2. The molecule has 4 rings (SSSR count). The molecular weight excluding hydrogens is 331 g/mol. The van der Waals surface area contributed by atoms with E-state index in [9.17, 15) is 9.18 Å². The summed E-state index contributed by atoms with van der Waals surface area (Å²) in [5.74, 6) is 0.388. The third-order valence-corrected chi connectivity index (χ3v) is 5.09. The number of anilines is 1. The minimum Gasteiger partial charge on any atom is -0.487 e. The van der Waals surface area contributed by atoms with Crippen LogP contribution in [0.3, 0.4) is 0 Å². The average Bonchev–Trinajstić information content (AvgIpc) is 2.66. The Bertz CT molecular complexity index is 749. The second-order valence-electron chi connectivity index (χ2n) is 7.00. The Labute approximate surface area is 153 Å². The van der Waals surface area contributed by atoms with Crippen molar-refractivity contribution in [2.45, 2.75) is 25.4 Å². The molecule has 4 nitrogen and oxygen atoms in total. The quantitative estimate of drug-likeness (QED) is 0.839. The van der Waals surface area contributed by atoms with E-state index in [4.69, 9.17) is 4.74 Å². The molecule has 0 unspecified atom stereocenters. The van der Waals surface area contributed by atoms with Crippen molar-refractivity contribution in [1.82, 2.24) is 4.90 Å². The lowest BCUT2D eigenvalue weighted by Crippen LogP contribution is -2.56. The Morgan fingerprint density at radius 1 is 0.923 bits per heavy atom. The van der Waals surface area contributed by atoms with Gasteiger partial charge in [-0.1, -0.05) is 0 Å². The summed E-state index contributed by atoms with van der Waals surface area (Å²) in [7, 11) is 0. The van der Waals surface area contributed by atoms with Crippen molar-refractivity contribution >= 4 is 11.6 Å². The van der Waals surface area contributed by atoms with Gasteiger partial charge in [0.25, 0.3) is 5.91 Å². The second-order valence-corrected chi connectivity index (χ2v) is 7.00. The number of carbonyl (C=O) groups excluding carboxylic acids is 1. The van der Waals surface area contributed by atoms with E-state index < -0.39 is 0 Å². The number of carbonyl (C=O) groups is 1. The predicted molar refractivity (Wildman–Crippen MR) is 99.2 cm³/mol. The first-order valence-electron chi connectivity index (χ1n) is 9.25. The van der Waals surface area contributed by atoms with E-state index in [2.05, 4.69) is 4.90 Å². The van der Waals surface area contributed by atoms with Crippen LogP contribution in [0, 0.1) is 5.82 Å². The van der Waals surface area contributed by atoms with Gasteiger partial charge in [0.1, 0.15) is 17.7 Å². The van der Waals surface area contributed by atoms with Crippen LogP contribution in [0.1, 0.15) is 29.6 Å². The minimum absolute atomic E-state index is 0.0305. The molecule has 0 bridgehead atoms. The largest absolute Gasteiger partial charge is 0.487 e. The first kappa shape index (κ1) is 16.9. The molecule has 5 heteroatoms. The average molecular weight is 354 g/mol. The van der Waals surface area contributed by atoms with Gasteiger partial charge in [0.15, 0.2) is 0 Å².